The number of hydrogen-bond acceptors (Lipinski definition) is 2. The summed E-state index contributed by atoms with van der Waals surface area (Å²) in [4.78, 5) is 11.0. The summed E-state index contributed by atoms with van der Waals surface area (Å²) in [6.45, 7) is 3.96. The maximum Gasteiger partial charge on any atom is 0.320 e. The van der Waals surface area contributed by atoms with E-state index in [9.17, 15) is 9.18 Å². The van der Waals surface area contributed by atoms with Crippen molar-refractivity contribution in [3.05, 3.63) is 34.1 Å². The Morgan fingerprint density at radius 2 is 2.18 bits per heavy atom. The standard InChI is InChI=1S/C12H15BrFNO2/c1-7(2)11(12(16)17)15-6-8-4-3-5-9(14)10(8)13/h3-5,7,11,15H,6H2,1-2H3,(H,16,17). The van der Waals surface area contributed by atoms with Crippen LogP contribution in [0.15, 0.2) is 22.7 Å². The van der Waals surface area contributed by atoms with E-state index in [-0.39, 0.29) is 11.7 Å². The van der Waals surface area contributed by atoms with Crippen LogP contribution in [0.3, 0.4) is 0 Å². The van der Waals surface area contributed by atoms with Crippen LogP contribution in [-0.4, -0.2) is 17.1 Å². The Morgan fingerprint density at radius 3 is 2.71 bits per heavy atom. The van der Waals surface area contributed by atoms with Gasteiger partial charge in [-0.15, -0.1) is 0 Å². The number of nitrogens with one attached hydrogen (secondary N) is 1. The van der Waals surface area contributed by atoms with Crippen LogP contribution >= 0.6 is 15.9 Å². The highest BCUT2D eigenvalue weighted by molar-refractivity contribution is 9.10. The number of hydrogen-bond donors (Lipinski definition) is 2. The van der Waals surface area contributed by atoms with Gasteiger partial charge < -0.3 is 10.4 Å². The van der Waals surface area contributed by atoms with Crippen LogP contribution in [0.4, 0.5) is 4.39 Å². The molecule has 94 valence electrons. The van der Waals surface area contributed by atoms with Crippen LogP contribution in [0.25, 0.3) is 0 Å². The van der Waals surface area contributed by atoms with Gasteiger partial charge in [-0.3, -0.25) is 4.79 Å². The van der Waals surface area contributed by atoms with E-state index < -0.39 is 12.0 Å². The zero-order chi connectivity index (χ0) is 13.0. The van der Waals surface area contributed by atoms with Crippen molar-refractivity contribution in [3.8, 4) is 0 Å². The summed E-state index contributed by atoms with van der Waals surface area (Å²) in [6.07, 6.45) is 0. The Labute approximate surface area is 108 Å². The van der Waals surface area contributed by atoms with Crippen LogP contribution in [-0.2, 0) is 11.3 Å². The predicted molar refractivity (Wildman–Crippen MR) is 67.2 cm³/mol. The molecular weight excluding hydrogens is 289 g/mol. The third kappa shape index (κ3) is 3.78. The van der Waals surface area contributed by atoms with E-state index in [0.717, 1.165) is 0 Å². The van der Waals surface area contributed by atoms with Crippen molar-refractivity contribution in [3.63, 3.8) is 0 Å². The number of carboxylic acid groups (broad SMARTS) is 1. The molecule has 1 aromatic carbocycles. The average Bonchev–Trinajstić information content (AvgIpc) is 2.23. The molecule has 17 heavy (non-hydrogen) atoms. The lowest BCUT2D eigenvalue weighted by Crippen LogP contribution is -2.40. The lowest BCUT2D eigenvalue weighted by molar-refractivity contribution is -0.140. The summed E-state index contributed by atoms with van der Waals surface area (Å²) in [7, 11) is 0. The van der Waals surface area contributed by atoms with Crippen molar-refractivity contribution in [2.45, 2.75) is 26.4 Å². The lowest BCUT2D eigenvalue weighted by Gasteiger charge is -2.18. The van der Waals surface area contributed by atoms with Gasteiger partial charge in [-0.05, 0) is 33.5 Å². The van der Waals surface area contributed by atoms with E-state index >= 15 is 0 Å². The molecule has 0 fully saturated rings. The van der Waals surface area contributed by atoms with E-state index in [2.05, 4.69) is 21.2 Å². The minimum absolute atomic E-state index is 0.0279. The molecule has 2 N–H and O–H groups in total. The van der Waals surface area contributed by atoms with Crippen LogP contribution in [0.2, 0.25) is 0 Å². The molecule has 1 rings (SSSR count). The molecule has 0 saturated heterocycles. The zero-order valence-electron chi connectivity index (χ0n) is 9.71. The molecule has 0 radical (unpaired) electrons. The quantitative estimate of drug-likeness (QED) is 0.879. The van der Waals surface area contributed by atoms with Gasteiger partial charge in [0.05, 0.1) is 4.47 Å². The second-order valence-electron chi connectivity index (χ2n) is 4.15. The van der Waals surface area contributed by atoms with Gasteiger partial charge in [0, 0.05) is 6.54 Å². The Balaban J connectivity index is 2.72. The molecule has 1 aromatic rings. The largest absolute Gasteiger partial charge is 0.480 e. The van der Waals surface area contributed by atoms with E-state index in [1.807, 2.05) is 13.8 Å². The molecule has 5 heteroatoms. The first-order chi connectivity index (χ1) is 7.93. The number of carboxylic acids is 1. The lowest BCUT2D eigenvalue weighted by atomic mass is 10.0. The maximum absolute atomic E-state index is 13.2. The Hall–Kier alpha value is -0.940. The van der Waals surface area contributed by atoms with E-state index in [1.165, 1.54) is 6.07 Å². The van der Waals surface area contributed by atoms with Gasteiger partial charge in [-0.1, -0.05) is 26.0 Å². The van der Waals surface area contributed by atoms with Crippen LogP contribution in [0.1, 0.15) is 19.4 Å². The number of carbonyl (C=O) groups is 1. The molecule has 0 saturated carbocycles. The monoisotopic (exact) mass is 303 g/mol. The highest BCUT2D eigenvalue weighted by Crippen LogP contribution is 2.20. The number of halogens is 2. The van der Waals surface area contributed by atoms with Crippen LogP contribution < -0.4 is 5.32 Å². The fourth-order valence-corrected chi connectivity index (χ4v) is 1.92. The Bertz CT molecular complexity index is 409. The molecular formula is C12H15BrFNO2. The molecule has 0 amide bonds. The first-order valence-electron chi connectivity index (χ1n) is 5.32. The molecule has 0 spiro atoms. The first kappa shape index (κ1) is 14.1. The molecule has 3 nitrogen and oxygen atoms in total. The zero-order valence-corrected chi connectivity index (χ0v) is 11.3. The highest BCUT2D eigenvalue weighted by Gasteiger charge is 2.20. The van der Waals surface area contributed by atoms with Crippen LogP contribution in [0, 0.1) is 11.7 Å². The summed E-state index contributed by atoms with van der Waals surface area (Å²) >= 11 is 3.14. The van der Waals surface area contributed by atoms with E-state index in [4.69, 9.17) is 5.11 Å². The van der Waals surface area contributed by atoms with Crippen molar-refractivity contribution in [1.82, 2.24) is 5.32 Å². The van der Waals surface area contributed by atoms with Gasteiger partial charge in [-0.25, -0.2) is 4.39 Å². The normalized spacial score (nSPS) is 12.8. The molecule has 0 aromatic heterocycles. The second kappa shape index (κ2) is 6.12. The fourth-order valence-electron chi connectivity index (χ4n) is 1.51. The van der Waals surface area contributed by atoms with Crippen molar-refractivity contribution in [1.29, 1.82) is 0 Å². The Kier molecular flexibility index (Phi) is 5.08. The minimum Gasteiger partial charge on any atom is -0.480 e. The third-order valence-electron chi connectivity index (χ3n) is 2.48. The molecule has 1 atom stereocenters. The van der Waals surface area contributed by atoms with Crippen molar-refractivity contribution in [2.75, 3.05) is 0 Å². The highest BCUT2D eigenvalue weighted by atomic mass is 79.9. The van der Waals surface area contributed by atoms with Gasteiger partial charge in [0.15, 0.2) is 0 Å². The van der Waals surface area contributed by atoms with Crippen molar-refractivity contribution in [2.24, 2.45) is 5.92 Å². The van der Waals surface area contributed by atoms with E-state index in [0.29, 0.717) is 16.6 Å². The molecule has 0 aliphatic heterocycles. The Morgan fingerprint density at radius 1 is 1.53 bits per heavy atom. The fraction of sp³-hybridized carbons (Fsp3) is 0.417. The second-order valence-corrected chi connectivity index (χ2v) is 4.95. The first-order valence-corrected chi connectivity index (χ1v) is 6.12. The SMILES string of the molecule is CC(C)C(NCc1cccc(F)c1Br)C(=O)O. The number of benzene rings is 1. The third-order valence-corrected chi connectivity index (χ3v) is 3.36. The van der Waals surface area contributed by atoms with Gasteiger partial charge in [0.25, 0.3) is 0 Å². The summed E-state index contributed by atoms with van der Waals surface area (Å²) < 4.78 is 13.6. The van der Waals surface area contributed by atoms with Gasteiger partial charge in [0.1, 0.15) is 11.9 Å². The molecule has 0 aliphatic rings. The van der Waals surface area contributed by atoms with E-state index in [1.54, 1.807) is 12.1 Å². The van der Waals surface area contributed by atoms with Gasteiger partial charge in [-0.2, -0.15) is 0 Å². The van der Waals surface area contributed by atoms with Crippen molar-refractivity contribution >= 4 is 21.9 Å². The molecule has 0 aliphatic carbocycles. The summed E-state index contributed by atoms with van der Waals surface area (Å²) in [5.74, 6) is -1.27. The number of rotatable bonds is 5. The summed E-state index contributed by atoms with van der Waals surface area (Å²) in [6, 6.07) is 4.07. The molecule has 1 unspecified atom stereocenters. The summed E-state index contributed by atoms with van der Waals surface area (Å²) in [5.41, 5.74) is 0.705. The maximum atomic E-state index is 13.2. The minimum atomic E-state index is -0.896. The molecule has 0 heterocycles. The van der Waals surface area contributed by atoms with Gasteiger partial charge in [0.2, 0.25) is 0 Å². The van der Waals surface area contributed by atoms with Crippen molar-refractivity contribution < 1.29 is 14.3 Å². The smallest absolute Gasteiger partial charge is 0.320 e. The van der Waals surface area contributed by atoms with Crippen LogP contribution in [0.5, 0.6) is 0 Å². The predicted octanol–water partition coefficient (Wildman–Crippen LogP) is 2.79. The summed E-state index contributed by atoms with van der Waals surface area (Å²) in [5, 5.41) is 11.9. The number of aliphatic carboxylic acids is 1. The molecule has 0 bridgehead atoms. The topological polar surface area (TPSA) is 49.3 Å². The average molecular weight is 304 g/mol. The van der Waals surface area contributed by atoms with Gasteiger partial charge >= 0.3 is 5.97 Å².